The zero-order valence-corrected chi connectivity index (χ0v) is 20.1. The number of nitrogens with zero attached hydrogens (tertiary/aromatic N) is 2. The summed E-state index contributed by atoms with van der Waals surface area (Å²) in [6.45, 7) is 0. The third-order valence-corrected chi connectivity index (χ3v) is 7.37. The molecule has 172 valence electrons. The number of amides is 1. The van der Waals surface area contributed by atoms with Gasteiger partial charge in [-0.1, -0.05) is 47.1 Å². The first-order valence-electron chi connectivity index (χ1n) is 10.6. The van der Waals surface area contributed by atoms with Gasteiger partial charge in [-0.05, 0) is 72.9 Å². The van der Waals surface area contributed by atoms with Gasteiger partial charge in [0.1, 0.15) is 11.3 Å². The number of hydrogen-bond donors (Lipinski definition) is 1. The topological polar surface area (TPSA) is 64.0 Å². The molecule has 0 spiro atoms. The Bertz CT molecular complexity index is 1510. The van der Waals surface area contributed by atoms with Gasteiger partial charge in [-0.15, -0.1) is 0 Å². The van der Waals surface area contributed by atoms with Crippen LogP contribution >= 0.6 is 35.0 Å². The summed E-state index contributed by atoms with van der Waals surface area (Å²) in [6.07, 6.45) is 3.20. The van der Waals surface area contributed by atoms with Crippen LogP contribution in [0.5, 0.6) is 0 Å². The van der Waals surface area contributed by atoms with E-state index in [1.54, 1.807) is 12.1 Å². The van der Waals surface area contributed by atoms with Crippen LogP contribution in [0.1, 0.15) is 17.5 Å². The smallest absolute Gasteiger partial charge is 0.266 e. The lowest BCUT2D eigenvalue weighted by Gasteiger charge is -2.14. The van der Waals surface area contributed by atoms with Crippen molar-refractivity contribution in [2.75, 3.05) is 11.1 Å². The summed E-state index contributed by atoms with van der Waals surface area (Å²) in [4.78, 5) is 30.4. The second kappa shape index (κ2) is 9.41. The molecule has 0 radical (unpaired) electrons. The van der Waals surface area contributed by atoms with Crippen LogP contribution < -0.4 is 10.9 Å². The SMILES string of the molecule is O=C(CSc1nc2c(F)cccc2c(=O)n1-c1ccc(Cl)c(Cl)c1)Nc1ccc2c(c1)CCC2. The van der Waals surface area contributed by atoms with Crippen molar-refractivity contribution >= 4 is 57.5 Å². The molecule has 1 aliphatic rings. The number of hydrogen-bond acceptors (Lipinski definition) is 4. The van der Waals surface area contributed by atoms with Gasteiger partial charge in [0.2, 0.25) is 5.91 Å². The van der Waals surface area contributed by atoms with Crippen LogP contribution in [0.2, 0.25) is 10.0 Å². The first-order chi connectivity index (χ1) is 16.4. The highest BCUT2D eigenvalue weighted by molar-refractivity contribution is 7.99. The highest BCUT2D eigenvalue weighted by Crippen LogP contribution is 2.28. The summed E-state index contributed by atoms with van der Waals surface area (Å²) >= 11 is 13.2. The molecule has 1 aliphatic carbocycles. The van der Waals surface area contributed by atoms with E-state index in [1.165, 1.54) is 40.0 Å². The van der Waals surface area contributed by atoms with Gasteiger partial charge in [0, 0.05) is 5.69 Å². The number of nitrogens with one attached hydrogen (secondary N) is 1. The van der Waals surface area contributed by atoms with Crippen molar-refractivity contribution in [1.82, 2.24) is 9.55 Å². The Morgan fingerprint density at radius 1 is 1.06 bits per heavy atom. The highest BCUT2D eigenvalue weighted by Gasteiger charge is 2.18. The van der Waals surface area contributed by atoms with E-state index in [0.29, 0.717) is 10.7 Å². The molecule has 9 heteroatoms. The second-order valence-electron chi connectivity index (χ2n) is 7.94. The molecule has 1 N–H and O–H groups in total. The summed E-state index contributed by atoms with van der Waals surface area (Å²) in [5.41, 5.74) is 3.20. The van der Waals surface area contributed by atoms with Crippen LogP contribution in [0.3, 0.4) is 0 Å². The van der Waals surface area contributed by atoms with Crippen LogP contribution in [-0.2, 0) is 17.6 Å². The summed E-state index contributed by atoms with van der Waals surface area (Å²) in [5, 5.41) is 3.78. The van der Waals surface area contributed by atoms with Gasteiger partial charge >= 0.3 is 0 Å². The number of carbonyl (C=O) groups is 1. The Morgan fingerprint density at radius 3 is 2.71 bits per heavy atom. The summed E-state index contributed by atoms with van der Waals surface area (Å²) in [5.74, 6) is -0.892. The first kappa shape index (κ1) is 22.9. The quantitative estimate of drug-likeness (QED) is 0.260. The van der Waals surface area contributed by atoms with Gasteiger partial charge in [-0.25, -0.2) is 9.37 Å². The number of carbonyl (C=O) groups excluding carboxylic acids is 1. The minimum Gasteiger partial charge on any atom is -0.325 e. The standard InChI is InChI=1S/C25H18Cl2FN3O2S/c26-19-10-9-17(12-20(19)27)31-24(33)18-5-2-6-21(28)23(18)30-25(31)34-13-22(32)29-16-8-7-14-3-1-4-15(14)11-16/h2,5-12H,1,3-4,13H2,(H,29,32). The molecule has 5 rings (SSSR count). The number of anilines is 1. The number of benzene rings is 3. The average Bonchev–Trinajstić information content (AvgIpc) is 3.28. The van der Waals surface area contributed by atoms with Crippen LogP contribution in [0.25, 0.3) is 16.6 Å². The van der Waals surface area contributed by atoms with Crippen LogP contribution in [0, 0.1) is 5.82 Å². The van der Waals surface area contributed by atoms with Crippen LogP contribution in [-0.4, -0.2) is 21.2 Å². The van der Waals surface area contributed by atoms with E-state index in [1.807, 2.05) is 18.2 Å². The molecular formula is C25H18Cl2FN3O2S. The molecular weight excluding hydrogens is 496 g/mol. The van der Waals surface area contributed by atoms with Crippen molar-refractivity contribution in [1.29, 1.82) is 0 Å². The predicted molar refractivity (Wildman–Crippen MR) is 135 cm³/mol. The third-order valence-electron chi connectivity index (χ3n) is 5.70. The van der Waals surface area contributed by atoms with Gasteiger partial charge < -0.3 is 5.32 Å². The maximum atomic E-state index is 14.5. The van der Waals surface area contributed by atoms with E-state index < -0.39 is 11.4 Å². The largest absolute Gasteiger partial charge is 0.325 e. The fraction of sp³-hybridized carbons (Fsp3) is 0.160. The highest BCUT2D eigenvalue weighted by atomic mass is 35.5. The third kappa shape index (κ3) is 4.43. The van der Waals surface area contributed by atoms with Gasteiger partial charge in [-0.3, -0.25) is 14.2 Å². The Hall–Kier alpha value is -2.87. The van der Waals surface area contributed by atoms with Gasteiger partial charge in [0.15, 0.2) is 5.16 Å². The van der Waals surface area contributed by atoms with E-state index in [9.17, 15) is 14.0 Å². The molecule has 4 aromatic rings. The minimum absolute atomic E-state index is 0.0230. The Labute approximate surface area is 208 Å². The number of halogens is 3. The zero-order valence-electron chi connectivity index (χ0n) is 17.8. The number of aryl methyl sites for hydroxylation is 2. The fourth-order valence-corrected chi connectivity index (χ4v) is 5.18. The Balaban J connectivity index is 1.47. The van der Waals surface area contributed by atoms with E-state index in [4.69, 9.17) is 23.2 Å². The molecule has 1 heterocycles. The summed E-state index contributed by atoms with van der Waals surface area (Å²) in [6, 6.07) is 14.9. The Morgan fingerprint density at radius 2 is 1.88 bits per heavy atom. The molecule has 1 amide bonds. The molecule has 0 aliphatic heterocycles. The maximum Gasteiger partial charge on any atom is 0.266 e. The molecule has 0 unspecified atom stereocenters. The van der Waals surface area contributed by atoms with Gasteiger partial charge in [-0.2, -0.15) is 0 Å². The molecule has 0 atom stereocenters. The van der Waals surface area contributed by atoms with Crippen molar-refractivity contribution in [3.05, 3.63) is 91.9 Å². The summed E-state index contributed by atoms with van der Waals surface area (Å²) in [7, 11) is 0. The lowest BCUT2D eigenvalue weighted by Crippen LogP contribution is -2.23. The molecule has 0 saturated heterocycles. The maximum absolute atomic E-state index is 14.5. The molecule has 34 heavy (non-hydrogen) atoms. The molecule has 0 fully saturated rings. The molecule has 3 aromatic carbocycles. The van der Waals surface area contributed by atoms with Crippen molar-refractivity contribution < 1.29 is 9.18 Å². The van der Waals surface area contributed by atoms with E-state index in [0.717, 1.165) is 36.7 Å². The number of rotatable bonds is 5. The minimum atomic E-state index is -0.611. The number of fused-ring (bicyclic) bond motifs is 2. The molecule has 0 saturated carbocycles. The van der Waals surface area contributed by atoms with E-state index >= 15 is 0 Å². The van der Waals surface area contributed by atoms with Crippen molar-refractivity contribution in [2.45, 2.75) is 24.4 Å². The Kier molecular flexibility index (Phi) is 6.34. The predicted octanol–water partition coefficient (Wildman–Crippen LogP) is 6.05. The zero-order chi connectivity index (χ0) is 23.8. The molecule has 0 bridgehead atoms. The first-order valence-corrected chi connectivity index (χ1v) is 12.4. The normalized spacial score (nSPS) is 12.7. The lowest BCUT2D eigenvalue weighted by molar-refractivity contribution is -0.113. The second-order valence-corrected chi connectivity index (χ2v) is 9.70. The number of aromatic nitrogens is 2. The molecule has 5 nitrogen and oxygen atoms in total. The number of para-hydroxylation sites is 1. The van der Waals surface area contributed by atoms with Gasteiger partial charge in [0.25, 0.3) is 5.56 Å². The fourth-order valence-electron chi connectivity index (χ4n) is 4.08. The lowest BCUT2D eigenvalue weighted by atomic mass is 10.1. The van der Waals surface area contributed by atoms with E-state index in [2.05, 4.69) is 10.3 Å². The van der Waals surface area contributed by atoms with Crippen molar-refractivity contribution in [2.24, 2.45) is 0 Å². The van der Waals surface area contributed by atoms with E-state index in [-0.39, 0.29) is 32.7 Å². The van der Waals surface area contributed by atoms with Gasteiger partial charge in [0.05, 0.1) is 26.9 Å². The average molecular weight is 514 g/mol. The molecule has 1 aromatic heterocycles. The summed E-state index contributed by atoms with van der Waals surface area (Å²) < 4.78 is 15.8. The van der Waals surface area contributed by atoms with Crippen molar-refractivity contribution in [3.8, 4) is 5.69 Å². The van der Waals surface area contributed by atoms with Crippen molar-refractivity contribution in [3.63, 3.8) is 0 Å². The van der Waals surface area contributed by atoms with Crippen LogP contribution in [0.4, 0.5) is 10.1 Å². The van der Waals surface area contributed by atoms with Crippen LogP contribution in [0.15, 0.2) is 64.5 Å². The number of thioether (sulfide) groups is 1. The monoisotopic (exact) mass is 513 g/mol.